The van der Waals surface area contributed by atoms with Gasteiger partial charge in [0.1, 0.15) is 11.4 Å². The lowest BCUT2D eigenvalue weighted by Gasteiger charge is -2.21. The van der Waals surface area contributed by atoms with Crippen LogP contribution in [0.3, 0.4) is 0 Å². The Balaban J connectivity index is 2.17. The van der Waals surface area contributed by atoms with Gasteiger partial charge in [-0.1, -0.05) is 12.1 Å². The predicted octanol–water partition coefficient (Wildman–Crippen LogP) is 2.02. The molecule has 0 fully saturated rings. The number of aromatic nitrogens is 3. The first kappa shape index (κ1) is 13.1. The quantitative estimate of drug-likeness (QED) is 0.568. The van der Waals surface area contributed by atoms with Gasteiger partial charge < -0.3 is 15.2 Å². The fourth-order valence-electron chi connectivity index (χ4n) is 2.40. The van der Waals surface area contributed by atoms with E-state index in [1.807, 2.05) is 53.9 Å². The molecule has 106 valence electrons. The molecule has 0 amide bonds. The highest BCUT2D eigenvalue weighted by Crippen LogP contribution is 2.29. The van der Waals surface area contributed by atoms with Gasteiger partial charge in [0, 0.05) is 25.9 Å². The Hall–Kier alpha value is -2.89. The molecule has 0 bridgehead atoms. The zero-order chi connectivity index (χ0) is 15.0. The number of amidine groups is 1. The van der Waals surface area contributed by atoms with E-state index >= 15 is 0 Å². The molecule has 0 aliphatic heterocycles. The number of hydrogen-bond acceptors (Lipinski definition) is 4. The Bertz CT molecular complexity index is 820. The highest BCUT2D eigenvalue weighted by atomic mass is 15.2. The van der Waals surface area contributed by atoms with Crippen molar-refractivity contribution in [1.29, 1.82) is 5.41 Å². The lowest BCUT2D eigenvalue weighted by Crippen LogP contribution is -2.19. The van der Waals surface area contributed by atoms with E-state index in [-0.39, 0.29) is 5.84 Å². The fourth-order valence-corrected chi connectivity index (χ4v) is 2.40. The molecule has 3 rings (SSSR count). The molecular formula is C15H16N6. The van der Waals surface area contributed by atoms with Gasteiger partial charge in [-0.15, -0.1) is 0 Å². The van der Waals surface area contributed by atoms with Crippen molar-refractivity contribution in [2.75, 3.05) is 11.9 Å². The van der Waals surface area contributed by atoms with Crippen molar-refractivity contribution in [2.45, 2.75) is 0 Å². The molecule has 0 radical (unpaired) electrons. The smallest absolute Gasteiger partial charge is 0.161 e. The molecule has 0 saturated heterocycles. The van der Waals surface area contributed by atoms with E-state index in [0.29, 0.717) is 5.56 Å². The Kier molecular flexibility index (Phi) is 3.06. The van der Waals surface area contributed by atoms with Gasteiger partial charge in [-0.3, -0.25) is 5.41 Å². The number of nitrogens with zero attached hydrogens (tertiary/aromatic N) is 4. The first-order valence-corrected chi connectivity index (χ1v) is 6.53. The largest absolute Gasteiger partial charge is 0.384 e. The normalized spacial score (nSPS) is 10.8. The van der Waals surface area contributed by atoms with Crippen molar-refractivity contribution in [1.82, 2.24) is 14.5 Å². The number of para-hydroxylation sites is 1. The minimum Gasteiger partial charge on any atom is -0.384 e. The van der Waals surface area contributed by atoms with E-state index < -0.39 is 0 Å². The van der Waals surface area contributed by atoms with Crippen molar-refractivity contribution >= 4 is 28.4 Å². The number of fused-ring (bicyclic) bond motifs is 1. The Morgan fingerprint density at radius 2 is 2.00 bits per heavy atom. The summed E-state index contributed by atoms with van der Waals surface area (Å²) in [5.41, 5.74) is 9.00. The summed E-state index contributed by atoms with van der Waals surface area (Å²) in [5, 5.41) is 7.71. The van der Waals surface area contributed by atoms with Gasteiger partial charge in [0.25, 0.3) is 0 Å². The summed E-state index contributed by atoms with van der Waals surface area (Å²) in [6.07, 6.45) is 3.52. The number of pyridine rings is 1. The summed E-state index contributed by atoms with van der Waals surface area (Å²) in [6.45, 7) is 0. The molecule has 3 N–H and O–H groups in total. The van der Waals surface area contributed by atoms with Crippen molar-refractivity contribution in [2.24, 2.45) is 12.8 Å². The standard InChI is InChI=1S/C15H16N6/c1-20-9-19-13-12(20)7-8-18-15(13)21(2)11-6-4-3-5-10(11)14(16)17/h3-9H,1-2H3,(H3,16,17). The molecule has 6 heteroatoms. The average molecular weight is 280 g/mol. The number of hydrogen-bond donors (Lipinski definition) is 2. The number of imidazole rings is 1. The number of benzene rings is 1. The number of nitrogen functional groups attached to an aromatic ring is 1. The molecule has 2 aromatic heterocycles. The average Bonchev–Trinajstić information content (AvgIpc) is 2.88. The van der Waals surface area contributed by atoms with Crippen LogP contribution in [-0.4, -0.2) is 27.4 Å². The van der Waals surface area contributed by atoms with E-state index in [1.165, 1.54) is 0 Å². The zero-order valence-corrected chi connectivity index (χ0v) is 11.9. The molecule has 3 aromatic rings. The molecule has 0 atom stereocenters. The number of nitrogens with one attached hydrogen (secondary N) is 1. The summed E-state index contributed by atoms with van der Waals surface area (Å²) in [5.74, 6) is 0.771. The molecule has 1 aromatic carbocycles. The van der Waals surface area contributed by atoms with Crippen LogP contribution in [0.4, 0.5) is 11.5 Å². The Morgan fingerprint density at radius 3 is 2.76 bits per heavy atom. The molecule has 0 aliphatic rings. The zero-order valence-electron chi connectivity index (χ0n) is 11.9. The molecule has 6 nitrogen and oxygen atoms in total. The molecule has 0 aliphatic carbocycles. The summed E-state index contributed by atoms with van der Waals surface area (Å²) >= 11 is 0. The third-order valence-corrected chi connectivity index (χ3v) is 3.50. The first-order valence-electron chi connectivity index (χ1n) is 6.53. The fraction of sp³-hybridized carbons (Fsp3) is 0.133. The van der Waals surface area contributed by atoms with Gasteiger partial charge in [-0.25, -0.2) is 9.97 Å². The van der Waals surface area contributed by atoms with Crippen LogP contribution in [0.5, 0.6) is 0 Å². The van der Waals surface area contributed by atoms with Gasteiger partial charge in [0.05, 0.1) is 17.5 Å². The van der Waals surface area contributed by atoms with Crippen LogP contribution in [-0.2, 0) is 7.05 Å². The third kappa shape index (κ3) is 2.10. The maximum atomic E-state index is 7.71. The lowest BCUT2D eigenvalue weighted by molar-refractivity contribution is 0.947. The number of aryl methyl sites for hydroxylation is 1. The second-order valence-electron chi connectivity index (χ2n) is 4.85. The Morgan fingerprint density at radius 1 is 1.24 bits per heavy atom. The molecular weight excluding hydrogens is 264 g/mol. The summed E-state index contributed by atoms with van der Waals surface area (Å²) < 4.78 is 1.95. The molecule has 2 heterocycles. The molecule has 0 saturated carbocycles. The monoisotopic (exact) mass is 280 g/mol. The molecule has 21 heavy (non-hydrogen) atoms. The van der Waals surface area contributed by atoms with Crippen LogP contribution in [0.25, 0.3) is 11.0 Å². The highest BCUT2D eigenvalue weighted by Gasteiger charge is 2.16. The Labute approximate surface area is 122 Å². The van der Waals surface area contributed by atoms with Gasteiger partial charge in [-0.05, 0) is 18.2 Å². The topological polar surface area (TPSA) is 83.8 Å². The van der Waals surface area contributed by atoms with Crippen LogP contribution in [0, 0.1) is 5.41 Å². The highest BCUT2D eigenvalue weighted by molar-refractivity contribution is 6.02. The number of rotatable bonds is 3. The summed E-state index contributed by atoms with van der Waals surface area (Å²) in [6, 6.07) is 9.45. The summed E-state index contributed by atoms with van der Waals surface area (Å²) in [7, 11) is 3.85. The SMILES string of the molecule is CN(c1ccccc1C(=N)N)c1nccc2c1ncn2C. The second-order valence-corrected chi connectivity index (χ2v) is 4.85. The third-order valence-electron chi connectivity index (χ3n) is 3.50. The van der Waals surface area contributed by atoms with Crippen LogP contribution in [0.2, 0.25) is 0 Å². The van der Waals surface area contributed by atoms with Crippen LogP contribution in [0.1, 0.15) is 5.56 Å². The van der Waals surface area contributed by atoms with Gasteiger partial charge in [0.15, 0.2) is 5.82 Å². The first-order chi connectivity index (χ1) is 10.1. The minimum absolute atomic E-state index is 0.0330. The molecule has 0 spiro atoms. The predicted molar refractivity (Wildman–Crippen MR) is 84.0 cm³/mol. The van der Waals surface area contributed by atoms with Gasteiger partial charge in [-0.2, -0.15) is 0 Å². The van der Waals surface area contributed by atoms with Crippen LogP contribution >= 0.6 is 0 Å². The van der Waals surface area contributed by atoms with Crippen molar-refractivity contribution in [3.05, 3.63) is 48.4 Å². The van der Waals surface area contributed by atoms with E-state index in [2.05, 4.69) is 9.97 Å². The maximum Gasteiger partial charge on any atom is 0.161 e. The van der Waals surface area contributed by atoms with Crippen molar-refractivity contribution < 1.29 is 0 Å². The number of anilines is 2. The second kappa shape index (κ2) is 4.90. The number of nitrogens with two attached hydrogens (primary N) is 1. The lowest BCUT2D eigenvalue weighted by atomic mass is 10.1. The van der Waals surface area contributed by atoms with Crippen molar-refractivity contribution in [3.8, 4) is 0 Å². The minimum atomic E-state index is 0.0330. The van der Waals surface area contributed by atoms with Crippen molar-refractivity contribution in [3.63, 3.8) is 0 Å². The van der Waals surface area contributed by atoms with Gasteiger partial charge in [0.2, 0.25) is 0 Å². The van der Waals surface area contributed by atoms with Crippen LogP contribution in [0.15, 0.2) is 42.9 Å². The summed E-state index contributed by atoms with van der Waals surface area (Å²) in [4.78, 5) is 10.8. The molecule has 0 unspecified atom stereocenters. The van der Waals surface area contributed by atoms with E-state index in [0.717, 1.165) is 22.5 Å². The van der Waals surface area contributed by atoms with E-state index in [1.54, 1.807) is 12.5 Å². The maximum absolute atomic E-state index is 7.71. The van der Waals surface area contributed by atoms with E-state index in [9.17, 15) is 0 Å². The van der Waals surface area contributed by atoms with Crippen LogP contribution < -0.4 is 10.6 Å². The van der Waals surface area contributed by atoms with E-state index in [4.69, 9.17) is 11.1 Å². The van der Waals surface area contributed by atoms with Gasteiger partial charge >= 0.3 is 0 Å².